The number of nitrogens with two attached hydrogens (primary N) is 1. The van der Waals surface area contributed by atoms with Crippen molar-refractivity contribution < 1.29 is 8.42 Å². The SMILES string of the molecule is CC1(CNS(N)(=O)=O)CCCN1. The molecule has 1 rings (SSSR count). The third kappa shape index (κ3) is 3.06. The van der Waals surface area contributed by atoms with E-state index in [2.05, 4.69) is 10.0 Å². The lowest BCUT2D eigenvalue weighted by atomic mass is 10.0. The lowest BCUT2D eigenvalue weighted by Gasteiger charge is -2.23. The molecule has 0 radical (unpaired) electrons. The van der Waals surface area contributed by atoms with E-state index in [1.165, 1.54) is 0 Å². The van der Waals surface area contributed by atoms with E-state index in [0.717, 1.165) is 19.4 Å². The van der Waals surface area contributed by atoms with E-state index in [9.17, 15) is 8.42 Å². The molecule has 5 nitrogen and oxygen atoms in total. The summed E-state index contributed by atoms with van der Waals surface area (Å²) in [6.45, 7) is 3.30. The first kappa shape index (κ1) is 9.91. The van der Waals surface area contributed by atoms with Gasteiger partial charge in [0, 0.05) is 12.1 Å². The minimum absolute atomic E-state index is 0.119. The molecule has 0 spiro atoms. The molecule has 1 aliphatic heterocycles. The fourth-order valence-corrected chi connectivity index (χ4v) is 1.89. The predicted octanol–water partition coefficient (Wildman–Crippen LogP) is -1.08. The molecule has 0 saturated carbocycles. The van der Waals surface area contributed by atoms with Gasteiger partial charge in [0.05, 0.1) is 0 Å². The summed E-state index contributed by atoms with van der Waals surface area (Å²) in [4.78, 5) is 0. The highest BCUT2D eigenvalue weighted by atomic mass is 32.2. The fourth-order valence-electron chi connectivity index (χ4n) is 1.37. The predicted molar refractivity (Wildman–Crippen MR) is 46.8 cm³/mol. The summed E-state index contributed by atoms with van der Waals surface area (Å²) in [5.41, 5.74) is -0.119. The summed E-state index contributed by atoms with van der Waals surface area (Å²) >= 11 is 0. The highest BCUT2D eigenvalue weighted by Crippen LogP contribution is 2.16. The maximum atomic E-state index is 10.6. The number of hydrogen-bond donors (Lipinski definition) is 3. The van der Waals surface area contributed by atoms with Crippen LogP contribution < -0.4 is 15.2 Å². The third-order valence-electron chi connectivity index (χ3n) is 2.12. The lowest BCUT2D eigenvalue weighted by Crippen LogP contribution is -2.48. The maximum absolute atomic E-state index is 10.6. The van der Waals surface area contributed by atoms with Crippen molar-refractivity contribution in [2.45, 2.75) is 25.3 Å². The van der Waals surface area contributed by atoms with Gasteiger partial charge in [-0.25, -0.2) is 9.86 Å². The van der Waals surface area contributed by atoms with Gasteiger partial charge in [-0.15, -0.1) is 0 Å². The van der Waals surface area contributed by atoms with Gasteiger partial charge < -0.3 is 5.32 Å². The van der Waals surface area contributed by atoms with Crippen LogP contribution in [0.1, 0.15) is 19.8 Å². The van der Waals surface area contributed by atoms with E-state index in [0.29, 0.717) is 6.54 Å². The molecule has 0 aromatic heterocycles. The first-order valence-electron chi connectivity index (χ1n) is 3.94. The first-order chi connectivity index (χ1) is 5.41. The number of rotatable bonds is 3. The third-order valence-corrected chi connectivity index (χ3v) is 2.67. The van der Waals surface area contributed by atoms with Crippen molar-refractivity contribution in [2.24, 2.45) is 5.14 Å². The molecular weight excluding hydrogens is 178 g/mol. The van der Waals surface area contributed by atoms with Crippen molar-refractivity contribution in [3.63, 3.8) is 0 Å². The van der Waals surface area contributed by atoms with Gasteiger partial charge in [-0.05, 0) is 26.3 Å². The summed E-state index contributed by atoms with van der Waals surface area (Å²) < 4.78 is 23.4. The van der Waals surface area contributed by atoms with Gasteiger partial charge in [-0.2, -0.15) is 8.42 Å². The highest BCUT2D eigenvalue weighted by Gasteiger charge is 2.28. The normalized spacial score (nSPS) is 30.8. The van der Waals surface area contributed by atoms with Crippen LogP contribution in [0.5, 0.6) is 0 Å². The second-order valence-corrected chi connectivity index (χ2v) is 4.84. The van der Waals surface area contributed by atoms with Crippen molar-refractivity contribution in [2.75, 3.05) is 13.1 Å². The Labute approximate surface area is 72.9 Å². The molecule has 1 fully saturated rings. The zero-order chi connectivity index (χ0) is 9.24. The zero-order valence-corrected chi connectivity index (χ0v) is 7.95. The van der Waals surface area contributed by atoms with Crippen LogP contribution in [-0.4, -0.2) is 27.0 Å². The Morgan fingerprint density at radius 2 is 2.33 bits per heavy atom. The smallest absolute Gasteiger partial charge is 0.274 e. The number of hydrogen-bond acceptors (Lipinski definition) is 3. The van der Waals surface area contributed by atoms with Gasteiger partial charge in [0.1, 0.15) is 0 Å². The molecular formula is C6H15N3O2S. The first-order valence-corrected chi connectivity index (χ1v) is 5.48. The van der Waals surface area contributed by atoms with E-state index in [-0.39, 0.29) is 5.54 Å². The molecule has 1 aliphatic rings. The Hall–Kier alpha value is -0.170. The Kier molecular flexibility index (Phi) is 2.72. The van der Waals surface area contributed by atoms with E-state index in [1.54, 1.807) is 0 Å². The van der Waals surface area contributed by atoms with E-state index in [1.807, 2.05) is 6.92 Å². The van der Waals surface area contributed by atoms with Crippen LogP contribution in [0.2, 0.25) is 0 Å². The van der Waals surface area contributed by atoms with Gasteiger partial charge in [0.25, 0.3) is 10.2 Å². The van der Waals surface area contributed by atoms with Crippen LogP contribution >= 0.6 is 0 Å². The molecule has 0 amide bonds. The average Bonchev–Trinajstić information content (AvgIpc) is 2.32. The van der Waals surface area contributed by atoms with Crippen LogP contribution in [0.3, 0.4) is 0 Å². The van der Waals surface area contributed by atoms with E-state index in [4.69, 9.17) is 5.14 Å². The Bertz CT molecular complexity index is 244. The molecule has 1 saturated heterocycles. The monoisotopic (exact) mass is 193 g/mol. The van der Waals surface area contributed by atoms with Crippen LogP contribution in [0.4, 0.5) is 0 Å². The molecule has 0 aromatic carbocycles. The quantitative estimate of drug-likeness (QED) is 0.533. The van der Waals surface area contributed by atoms with Crippen LogP contribution in [0, 0.1) is 0 Å². The molecule has 6 heteroatoms. The molecule has 1 unspecified atom stereocenters. The van der Waals surface area contributed by atoms with Crippen molar-refractivity contribution in [1.29, 1.82) is 0 Å². The number of nitrogens with one attached hydrogen (secondary N) is 2. The fraction of sp³-hybridized carbons (Fsp3) is 1.00. The minimum atomic E-state index is -3.54. The van der Waals surface area contributed by atoms with Crippen LogP contribution in [0.25, 0.3) is 0 Å². The Morgan fingerprint density at radius 1 is 1.67 bits per heavy atom. The minimum Gasteiger partial charge on any atom is -0.310 e. The van der Waals surface area contributed by atoms with Crippen LogP contribution in [0.15, 0.2) is 0 Å². The second-order valence-electron chi connectivity index (χ2n) is 3.46. The zero-order valence-electron chi connectivity index (χ0n) is 7.13. The maximum Gasteiger partial charge on any atom is 0.274 e. The van der Waals surface area contributed by atoms with Gasteiger partial charge in [-0.1, -0.05) is 0 Å². The lowest BCUT2D eigenvalue weighted by molar-refractivity contribution is 0.409. The summed E-state index contributed by atoms with van der Waals surface area (Å²) in [7, 11) is -3.54. The molecule has 0 aliphatic carbocycles. The topological polar surface area (TPSA) is 84.2 Å². The Balaban J connectivity index is 2.41. The Morgan fingerprint density at radius 3 is 2.75 bits per heavy atom. The summed E-state index contributed by atoms with van der Waals surface area (Å²) in [6.07, 6.45) is 2.07. The van der Waals surface area contributed by atoms with Crippen molar-refractivity contribution in [3.05, 3.63) is 0 Å². The van der Waals surface area contributed by atoms with Crippen LogP contribution in [-0.2, 0) is 10.2 Å². The average molecular weight is 193 g/mol. The van der Waals surface area contributed by atoms with E-state index < -0.39 is 10.2 Å². The van der Waals surface area contributed by atoms with Gasteiger partial charge in [0.2, 0.25) is 0 Å². The largest absolute Gasteiger partial charge is 0.310 e. The van der Waals surface area contributed by atoms with Crippen molar-refractivity contribution >= 4 is 10.2 Å². The molecule has 72 valence electrons. The molecule has 4 N–H and O–H groups in total. The molecule has 1 atom stereocenters. The molecule has 0 bridgehead atoms. The van der Waals surface area contributed by atoms with Crippen molar-refractivity contribution in [3.8, 4) is 0 Å². The van der Waals surface area contributed by atoms with Crippen molar-refractivity contribution in [1.82, 2.24) is 10.0 Å². The van der Waals surface area contributed by atoms with E-state index >= 15 is 0 Å². The second kappa shape index (κ2) is 3.29. The van der Waals surface area contributed by atoms with Gasteiger partial charge >= 0.3 is 0 Å². The summed E-state index contributed by atoms with van der Waals surface area (Å²) in [5, 5.41) is 8.03. The molecule has 0 aromatic rings. The summed E-state index contributed by atoms with van der Waals surface area (Å²) in [6, 6.07) is 0. The molecule has 1 heterocycles. The molecule has 12 heavy (non-hydrogen) atoms. The standard InChI is InChI=1S/C6H15N3O2S/c1-6(3-2-4-8-6)5-9-12(7,10)11/h8-9H,2-5H2,1H3,(H2,7,10,11). The van der Waals surface area contributed by atoms with Gasteiger partial charge in [-0.3, -0.25) is 0 Å². The van der Waals surface area contributed by atoms with Gasteiger partial charge in [0.15, 0.2) is 0 Å². The summed E-state index contributed by atoms with van der Waals surface area (Å²) in [5.74, 6) is 0. The highest BCUT2D eigenvalue weighted by molar-refractivity contribution is 7.87.